The summed E-state index contributed by atoms with van der Waals surface area (Å²) in [5, 5.41) is 18.9. The highest BCUT2D eigenvalue weighted by Gasteiger charge is 2.25. The monoisotopic (exact) mass is 190 g/mol. The van der Waals surface area contributed by atoms with Crippen LogP contribution < -0.4 is 0 Å². The first kappa shape index (κ1) is 12.8. The first-order chi connectivity index (χ1) is 5.91. The van der Waals surface area contributed by atoms with Crippen LogP contribution in [0.3, 0.4) is 0 Å². The van der Waals surface area contributed by atoms with Gasteiger partial charge in [-0.3, -0.25) is 4.90 Å². The van der Waals surface area contributed by atoms with Crippen molar-refractivity contribution in [2.24, 2.45) is 0 Å². The summed E-state index contributed by atoms with van der Waals surface area (Å²) in [4.78, 5) is 3.65. The number of hydrogen-bond acceptors (Lipinski definition) is 4. The number of aliphatic hydroxyl groups excluding tert-OH is 2. The average molecular weight is 190 g/mol. The Bertz CT molecular complexity index is 130. The molecule has 0 rings (SSSR count). The Balaban J connectivity index is 4.49. The third-order valence-electron chi connectivity index (χ3n) is 2.17. The van der Waals surface area contributed by atoms with Crippen molar-refractivity contribution in [2.75, 3.05) is 14.1 Å². The molecule has 4 nitrogen and oxygen atoms in total. The van der Waals surface area contributed by atoms with Gasteiger partial charge < -0.3 is 10.2 Å². The lowest BCUT2D eigenvalue weighted by molar-refractivity contribution is -0.139. The maximum absolute atomic E-state index is 9.47. The van der Waals surface area contributed by atoms with E-state index in [1.807, 2.05) is 25.9 Å². The van der Waals surface area contributed by atoms with E-state index in [0.717, 1.165) is 6.42 Å². The molecule has 13 heavy (non-hydrogen) atoms. The molecule has 0 aliphatic carbocycles. The van der Waals surface area contributed by atoms with Gasteiger partial charge >= 0.3 is 0 Å². The highest BCUT2D eigenvalue weighted by Crippen LogP contribution is 2.12. The van der Waals surface area contributed by atoms with Crippen molar-refractivity contribution in [3.05, 3.63) is 0 Å². The minimum Gasteiger partial charge on any atom is -0.379 e. The summed E-state index contributed by atoms with van der Waals surface area (Å²) in [7, 11) is 3.87. The van der Waals surface area contributed by atoms with Crippen molar-refractivity contribution < 1.29 is 10.2 Å². The maximum atomic E-state index is 9.47. The molecule has 0 amide bonds. The first-order valence-electron chi connectivity index (χ1n) is 4.71. The normalized spacial score (nSPS) is 19.2. The van der Waals surface area contributed by atoms with Crippen LogP contribution in [0.5, 0.6) is 0 Å². The molecule has 0 aromatic carbocycles. The zero-order chi connectivity index (χ0) is 10.6. The van der Waals surface area contributed by atoms with Crippen molar-refractivity contribution in [3.63, 3.8) is 0 Å². The molecule has 3 unspecified atom stereocenters. The van der Waals surface area contributed by atoms with E-state index in [1.54, 1.807) is 18.7 Å². The molecule has 0 radical (unpaired) electrons. The summed E-state index contributed by atoms with van der Waals surface area (Å²) in [5.41, 5.74) is 0. The second kappa shape index (κ2) is 5.54. The Labute approximate surface area is 80.8 Å². The van der Waals surface area contributed by atoms with Crippen LogP contribution in [0.4, 0.5) is 0 Å². The summed E-state index contributed by atoms with van der Waals surface area (Å²) >= 11 is 0. The highest BCUT2D eigenvalue weighted by molar-refractivity contribution is 4.69. The number of aliphatic hydroxyl groups is 2. The Morgan fingerprint density at radius 1 is 1.08 bits per heavy atom. The predicted molar refractivity (Wildman–Crippen MR) is 53.0 cm³/mol. The lowest BCUT2D eigenvalue weighted by Crippen LogP contribution is -2.53. The number of nitrogens with zero attached hydrogens (tertiary/aromatic N) is 2. The quantitative estimate of drug-likeness (QED) is 0.611. The van der Waals surface area contributed by atoms with Crippen LogP contribution in [-0.4, -0.2) is 52.7 Å². The third-order valence-corrected chi connectivity index (χ3v) is 2.17. The minimum absolute atomic E-state index is 0.0694. The van der Waals surface area contributed by atoms with E-state index in [1.165, 1.54) is 0 Å². The van der Waals surface area contributed by atoms with Gasteiger partial charge in [-0.2, -0.15) is 0 Å². The van der Waals surface area contributed by atoms with Crippen LogP contribution in [0.2, 0.25) is 0 Å². The van der Waals surface area contributed by atoms with Gasteiger partial charge in [0, 0.05) is 0 Å². The van der Waals surface area contributed by atoms with Gasteiger partial charge in [-0.05, 0) is 34.4 Å². The van der Waals surface area contributed by atoms with Gasteiger partial charge in [0.05, 0.1) is 6.17 Å². The zero-order valence-corrected chi connectivity index (χ0v) is 9.23. The van der Waals surface area contributed by atoms with Crippen molar-refractivity contribution in [3.8, 4) is 0 Å². The van der Waals surface area contributed by atoms with Gasteiger partial charge in [0.2, 0.25) is 0 Å². The van der Waals surface area contributed by atoms with E-state index in [-0.39, 0.29) is 6.17 Å². The summed E-state index contributed by atoms with van der Waals surface area (Å²) in [5.74, 6) is 0. The number of hydrogen-bond donors (Lipinski definition) is 2. The fourth-order valence-electron chi connectivity index (χ4n) is 1.65. The van der Waals surface area contributed by atoms with Gasteiger partial charge in [-0.15, -0.1) is 0 Å². The largest absolute Gasteiger partial charge is 0.379 e. The smallest absolute Gasteiger partial charge is 0.107 e. The lowest BCUT2D eigenvalue weighted by atomic mass is 10.2. The van der Waals surface area contributed by atoms with Crippen molar-refractivity contribution >= 4 is 0 Å². The molecule has 0 saturated carbocycles. The summed E-state index contributed by atoms with van der Waals surface area (Å²) in [6.07, 6.45) is -0.331. The van der Waals surface area contributed by atoms with Crippen LogP contribution in [-0.2, 0) is 0 Å². The van der Waals surface area contributed by atoms with Gasteiger partial charge in [-0.1, -0.05) is 6.92 Å². The number of rotatable bonds is 5. The Kier molecular flexibility index (Phi) is 5.48. The SMILES string of the molecule is CCC(N(C)C)N(C(C)O)C(C)O. The van der Waals surface area contributed by atoms with Gasteiger partial charge in [0.25, 0.3) is 0 Å². The molecular weight excluding hydrogens is 168 g/mol. The average Bonchev–Trinajstić information content (AvgIpc) is 1.97. The molecular formula is C9H22N2O2. The standard InChI is InChI=1S/C9H22N2O2/c1-6-9(10(4)5)11(7(2)12)8(3)13/h7-9,12-13H,6H2,1-5H3. The fraction of sp³-hybridized carbons (Fsp3) is 1.00. The van der Waals surface area contributed by atoms with E-state index in [9.17, 15) is 10.2 Å². The lowest BCUT2D eigenvalue weighted by Gasteiger charge is -2.39. The van der Waals surface area contributed by atoms with Crippen LogP contribution in [0.1, 0.15) is 27.2 Å². The molecule has 2 N–H and O–H groups in total. The van der Waals surface area contributed by atoms with Crippen LogP contribution in [0.25, 0.3) is 0 Å². The Morgan fingerprint density at radius 2 is 1.46 bits per heavy atom. The molecule has 0 spiro atoms. The van der Waals surface area contributed by atoms with Crippen LogP contribution >= 0.6 is 0 Å². The molecule has 80 valence electrons. The minimum atomic E-state index is -0.632. The first-order valence-corrected chi connectivity index (χ1v) is 4.71. The van der Waals surface area contributed by atoms with Crippen molar-refractivity contribution in [2.45, 2.75) is 45.8 Å². The molecule has 3 atom stereocenters. The summed E-state index contributed by atoms with van der Waals surface area (Å²) < 4.78 is 0. The summed E-state index contributed by atoms with van der Waals surface area (Å²) in [6.45, 7) is 5.36. The molecule has 0 aliphatic rings. The molecule has 0 saturated heterocycles. The zero-order valence-electron chi connectivity index (χ0n) is 9.23. The van der Waals surface area contributed by atoms with E-state index < -0.39 is 12.5 Å². The molecule has 0 aromatic heterocycles. The van der Waals surface area contributed by atoms with Crippen LogP contribution in [0.15, 0.2) is 0 Å². The second-order valence-electron chi connectivity index (χ2n) is 3.56. The molecule has 0 fully saturated rings. The van der Waals surface area contributed by atoms with E-state index in [0.29, 0.717) is 0 Å². The van der Waals surface area contributed by atoms with E-state index >= 15 is 0 Å². The van der Waals surface area contributed by atoms with Crippen molar-refractivity contribution in [1.29, 1.82) is 0 Å². The third kappa shape index (κ3) is 3.60. The fourth-order valence-corrected chi connectivity index (χ4v) is 1.65. The molecule has 0 bridgehead atoms. The maximum Gasteiger partial charge on any atom is 0.107 e. The van der Waals surface area contributed by atoms with Gasteiger partial charge in [0.1, 0.15) is 12.5 Å². The Morgan fingerprint density at radius 3 is 1.54 bits per heavy atom. The van der Waals surface area contributed by atoms with Crippen LogP contribution in [0, 0.1) is 0 Å². The van der Waals surface area contributed by atoms with Gasteiger partial charge in [0.15, 0.2) is 0 Å². The predicted octanol–water partition coefficient (Wildman–Crippen LogP) is 0.263. The van der Waals surface area contributed by atoms with Crippen molar-refractivity contribution in [1.82, 2.24) is 9.80 Å². The van der Waals surface area contributed by atoms with E-state index in [4.69, 9.17) is 0 Å². The second-order valence-corrected chi connectivity index (χ2v) is 3.56. The van der Waals surface area contributed by atoms with E-state index in [2.05, 4.69) is 0 Å². The topological polar surface area (TPSA) is 46.9 Å². The molecule has 0 heterocycles. The Hall–Kier alpha value is -0.160. The summed E-state index contributed by atoms with van der Waals surface area (Å²) in [6, 6.07) is 0. The molecule has 0 aliphatic heterocycles. The molecule has 0 aromatic rings. The highest BCUT2D eigenvalue weighted by atomic mass is 16.3. The molecule has 4 heteroatoms. The van der Waals surface area contributed by atoms with Gasteiger partial charge in [-0.25, -0.2) is 4.90 Å².